The summed E-state index contributed by atoms with van der Waals surface area (Å²) in [5.41, 5.74) is 1.89. The molecule has 1 amide bonds. The van der Waals surface area contributed by atoms with Crippen LogP contribution in [0.2, 0.25) is 0 Å². The van der Waals surface area contributed by atoms with Gasteiger partial charge in [-0.15, -0.1) is 0 Å². The van der Waals surface area contributed by atoms with Crippen LogP contribution in [0.25, 0.3) is 0 Å². The first-order valence-electron chi connectivity index (χ1n) is 8.68. The zero-order valence-corrected chi connectivity index (χ0v) is 14.3. The van der Waals surface area contributed by atoms with Gasteiger partial charge in [-0.1, -0.05) is 24.3 Å². The van der Waals surface area contributed by atoms with E-state index in [1.54, 1.807) is 0 Å². The van der Waals surface area contributed by atoms with E-state index in [9.17, 15) is 4.79 Å². The summed E-state index contributed by atoms with van der Waals surface area (Å²) in [5, 5.41) is 0. The number of hydrogen-bond acceptors (Lipinski definition) is 3. The molecule has 0 bridgehead atoms. The highest BCUT2D eigenvalue weighted by atomic mass is 16.2. The zero-order valence-electron chi connectivity index (χ0n) is 14.3. The van der Waals surface area contributed by atoms with Crippen molar-refractivity contribution in [2.24, 2.45) is 0 Å². The number of aromatic nitrogens is 1. The van der Waals surface area contributed by atoms with Gasteiger partial charge in [-0.25, -0.2) is 0 Å². The minimum absolute atomic E-state index is 0.156. The van der Waals surface area contributed by atoms with Gasteiger partial charge in [0.05, 0.1) is 5.69 Å². The molecule has 1 unspecified atom stereocenters. The number of rotatable bonds is 4. The molecule has 1 aliphatic heterocycles. The van der Waals surface area contributed by atoms with Crippen molar-refractivity contribution in [2.45, 2.75) is 31.8 Å². The molecule has 1 saturated heterocycles. The van der Waals surface area contributed by atoms with Gasteiger partial charge in [0.15, 0.2) is 0 Å². The molecule has 4 heteroatoms. The van der Waals surface area contributed by atoms with Crippen molar-refractivity contribution in [3.63, 3.8) is 0 Å². The lowest BCUT2D eigenvalue weighted by atomic mass is 10.1. The lowest BCUT2D eigenvalue weighted by Crippen LogP contribution is -2.35. The van der Waals surface area contributed by atoms with Crippen LogP contribution in [-0.4, -0.2) is 46.9 Å². The Labute approximate surface area is 144 Å². The van der Waals surface area contributed by atoms with E-state index in [2.05, 4.69) is 23.0 Å². The van der Waals surface area contributed by atoms with Gasteiger partial charge in [0.2, 0.25) is 0 Å². The minimum atomic E-state index is 0.156. The molecule has 1 atom stereocenters. The van der Waals surface area contributed by atoms with Crippen molar-refractivity contribution in [3.05, 3.63) is 66.0 Å². The van der Waals surface area contributed by atoms with Gasteiger partial charge >= 0.3 is 0 Å². The maximum atomic E-state index is 12.6. The van der Waals surface area contributed by atoms with Crippen LogP contribution in [0, 0.1) is 0 Å². The van der Waals surface area contributed by atoms with E-state index in [0.717, 1.165) is 50.2 Å². The number of carbonyl (C=O) groups excluding carboxylic acids is 1. The highest BCUT2D eigenvalue weighted by Gasteiger charge is 2.23. The topological polar surface area (TPSA) is 36.4 Å². The second kappa shape index (κ2) is 8.06. The van der Waals surface area contributed by atoms with Crippen LogP contribution in [0.15, 0.2) is 54.7 Å². The van der Waals surface area contributed by atoms with Gasteiger partial charge in [-0.05, 0) is 50.6 Å². The normalized spacial score (nSPS) is 18.4. The molecule has 0 radical (unpaired) electrons. The Morgan fingerprint density at radius 2 is 1.92 bits per heavy atom. The maximum Gasteiger partial charge on any atom is 0.253 e. The molecule has 3 rings (SSSR count). The summed E-state index contributed by atoms with van der Waals surface area (Å²) in [6, 6.07) is 16.1. The second-order valence-electron chi connectivity index (χ2n) is 6.48. The van der Waals surface area contributed by atoms with E-state index >= 15 is 0 Å². The molecule has 1 aliphatic rings. The highest BCUT2D eigenvalue weighted by molar-refractivity contribution is 5.94. The van der Waals surface area contributed by atoms with Crippen LogP contribution in [0.5, 0.6) is 0 Å². The highest BCUT2D eigenvalue weighted by Crippen LogP contribution is 2.19. The van der Waals surface area contributed by atoms with Crippen molar-refractivity contribution >= 4 is 5.91 Å². The Kier molecular flexibility index (Phi) is 5.59. The van der Waals surface area contributed by atoms with Gasteiger partial charge in [0, 0.05) is 37.4 Å². The fourth-order valence-electron chi connectivity index (χ4n) is 3.36. The molecule has 2 heterocycles. The Hall–Kier alpha value is -2.20. The van der Waals surface area contributed by atoms with Crippen molar-refractivity contribution < 1.29 is 4.79 Å². The van der Waals surface area contributed by atoms with E-state index in [-0.39, 0.29) is 5.91 Å². The quantitative estimate of drug-likeness (QED) is 0.867. The van der Waals surface area contributed by atoms with Gasteiger partial charge in [-0.3, -0.25) is 14.7 Å². The molecule has 1 aromatic carbocycles. The SMILES string of the molecule is CN(Cc1ccccn1)C1CCCN(C(=O)c2ccccc2)CC1. The van der Waals surface area contributed by atoms with Crippen LogP contribution in [-0.2, 0) is 6.54 Å². The first-order chi connectivity index (χ1) is 11.7. The predicted octanol–water partition coefficient (Wildman–Crippen LogP) is 3.21. The Bertz CT molecular complexity index is 644. The number of likely N-dealkylation sites (tertiary alicyclic amines) is 1. The number of pyridine rings is 1. The minimum Gasteiger partial charge on any atom is -0.339 e. The van der Waals surface area contributed by atoms with Crippen LogP contribution in [0.4, 0.5) is 0 Å². The van der Waals surface area contributed by atoms with Crippen molar-refractivity contribution in [1.29, 1.82) is 0 Å². The monoisotopic (exact) mass is 323 g/mol. The summed E-state index contributed by atoms with van der Waals surface area (Å²) >= 11 is 0. The summed E-state index contributed by atoms with van der Waals surface area (Å²) in [4.78, 5) is 21.4. The molecular weight excluding hydrogens is 298 g/mol. The van der Waals surface area contributed by atoms with Crippen LogP contribution in [0.3, 0.4) is 0 Å². The molecule has 1 aromatic heterocycles. The zero-order chi connectivity index (χ0) is 16.8. The van der Waals surface area contributed by atoms with Crippen LogP contribution in [0.1, 0.15) is 35.3 Å². The average Bonchev–Trinajstić information content (AvgIpc) is 2.89. The van der Waals surface area contributed by atoms with Crippen molar-refractivity contribution in [3.8, 4) is 0 Å². The second-order valence-corrected chi connectivity index (χ2v) is 6.48. The van der Waals surface area contributed by atoms with E-state index in [0.29, 0.717) is 6.04 Å². The standard InChI is InChI=1S/C20H25N3O/c1-22(16-18-10-5-6-13-21-18)19-11-7-14-23(15-12-19)20(24)17-8-3-2-4-9-17/h2-6,8-10,13,19H,7,11-12,14-16H2,1H3. The molecule has 4 nitrogen and oxygen atoms in total. The van der Waals surface area contributed by atoms with E-state index in [1.807, 2.05) is 53.6 Å². The first-order valence-corrected chi connectivity index (χ1v) is 8.68. The number of amides is 1. The van der Waals surface area contributed by atoms with Gasteiger partial charge in [0.25, 0.3) is 5.91 Å². The molecule has 0 aliphatic carbocycles. The summed E-state index contributed by atoms with van der Waals surface area (Å²) in [6.07, 6.45) is 5.04. The number of nitrogens with zero attached hydrogens (tertiary/aromatic N) is 3. The fourth-order valence-corrected chi connectivity index (χ4v) is 3.36. The summed E-state index contributed by atoms with van der Waals surface area (Å²) in [5.74, 6) is 0.156. The summed E-state index contributed by atoms with van der Waals surface area (Å²) < 4.78 is 0. The maximum absolute atomic E-state index is 12.6. The fraction of sp³-hybridized carbons (Fsp3) is 0.400. The Morgan fingerprint density at radius 1 is 1.12 bits per heavy atom. The third-order valence-corrected chi connectivity index (χ3v) is 4.77. The average molecular weight is 323 g/mol. The van der Waals surface area contributed by atoms with E-state index < -0.39 is 0 Å². The smallest absolute Gasteiger partial charge is 0.253 e. The number of benzene rings is 1. The third-order valence-electron chi connectivity index (χ3n) is 4.77. The molecule has 126 valence electrons. The first kappa shape index (κ1) is 16.7. The summed E-state index contributed by atoms with van der Waals surface area (Å²) in [7, 11) is 2.16. The largest absolute Gasteiger partial charge is 0.339 e. The lowest BCUT2D eigenvalue weighted by molar-refractivity contribution is 0.0757. The van der Waals surface area contributed by atoms with Gasteiger partial charge in [-0.2, -0.15) is 0 Å². The molecule has 2 aromatic rings. The lowest BCUT2D eigenvalue weighted by Gasteiger charge is -2.27. The molecule has 1 fully saturated rings. The molecule has 24 heavy (non-hydrogen) atoms. The number of hydrogen-bond donors (Lipinski definition) is 0. The van der Waals surface area contributed by atoms with Crippen molar-refractivity contribution in [1.82, 2.24) is 14.8 Å². The number of carbonyl (C=O) groups is 1. The predicted molar refractivity (Wildman–Crippen MR) is 95.7 cm³/mol. The van der Waals surface area contributed by atoms with Gasteiger partial charge in [0.1, 0.15) is 0 Å². The summed E-state index contributed by atoms with van der Waals surface area (Å²) in [6.45, 7) is 2.53. The van der Waals surface area contributed by atoms with Crippen LogP contribution >= 0.6 is 0 Å². The van der Waals surface area contributed by atoms with E-state index in [4.69, 9.17) is 0 Å². The molecular formula is C20H25N3O. The van der Waals surface area contributed by atoms with Crippen molar-refractivity contribution in [2.75, 3.05) is 20.1 Å². The third kappa shape index (κ3) is 4.20. The molecule has 0 saturated carbocycles. The van der Waals surface area contributed by atoms with E-state index in [1.165, 1.54) is 0 Å². The molecule has 0 N–H and O–H groups in total. The Balaban J connectivity index is 1.57. The van der Waals surface area contributed by atoms with Gasteiger partial charge < -0.3 is 4.90 Å². The molecule has 0 spiro atoms. The van der Waals surface area contributed by atoms with Crippen LogP contribution < -0.4 is 0 Å². The Morgan fingerprint density at radius 3 is 2.67 bits per heavy atom.